The predicted octanol–water partition coefficient (Wildman–Crippen LogP) is 9.25. The van der Waals surface area contributed by atoms with E-state index in [-0.39, 0.29) is 5.56 Å². The molecule has 0 amide bonds. The molecule has 3 heterocycles. The maximum atomic E-state index is 13.7. The predicted molar refractivity (Wildman–Crippen MR) is 223 cm³/mol. The molecule has 1 fully saturated rings. The largest absolute Gasteiger partial charge is 0.456 e. The zero-order chi connectivity index (χ0) is 37.7. The number of hydrogen-bond acceptors (Lipinski definition) is 8. The number of pyridine rings is 1. The van der Waals surface area contributed by atoms with E-state index in [1.807, 2.05) is 74.0 Å². The lowest BCUT2D eigenvalue weighted by Gasteiger charge is -2.18. The minimum atomic E-state index is -0.0756. The van der Waals surface area contributed by atoms with Crippen molar-refractivity contribution in [2.24, 2.45) is 0 Å². The van der Waals surface area contributed by atoms with Gasteiger partial charge in [0.25, 0.3) is 5.56 Å². The molecule has 9 heteroatoms. The van der Waals surface area contributed by atoms with Crippen LogP contribution in [0.5, 0.6) is 0 Å². The Labute approximate surface area is 318 Å². The molecule has 7 rings (SSSR count). The van der Waals surface area contributed by atoms with Gasteiger partial charge in [-0.15, -0.1) is 0 Å². The zero-order valence-corrected chi connectivity index (χ0v) is 32.0. The number of fused-ring (bicyclic) bond motifs is 3. The molecule has 54 heavy (non-hydrogen) atoms. The number of furan rings is 1. The molecule has 0 spiro atoms. The summed E-state index contributed by atoms with van der Waals surface area (Å²) in [5.74, 6) is 0.663. The van der Waals surface area contributed by atoms with Gasteiger partial charge in [-0.3, -0.25) is 14.3 Å². The average molecular weight is 725 g/mol. The van der Waals surface area contributed by atoms with Crippen LogP contribution in [0.1, 0.15) is 56.2 Å². The third-order valence-corrected chi connectivity index (χ3v) is 9.63. The van der Waals surface area contributed by atoms with E-state index in [2.05, 4.69) is 65.1 Å². The van der Waals surface area contributed by atoms with Crippen molar-refractivity contribution in [3.05, 3.63) is 136 Å². The molecular formula is C45H52N6O3. The van der Waals surface area contributed by atoms with Gasteiger partial charge < -0.3 is 25.1 Å². The van der Waals surface area contributed by atoms with Crippen LogP contribution < -0.4 is 21.5 Å². The number of nitrogens with zero attached hydrogens (tertiary/aromatic N) is 3. The first-order valence-electron chi connectivity index (χ1n) is 19.0. The number of ether oxygens (including phenoxy) is 1. The fourth-order valence-electron chi connectivity index (χ4n) is 6.59. The molecule has 3 N–H and O–H groups in total. The van der Waals surface area contributed by atoms with Gasteiger partial charge in [-0.1, -0.05) is 60.9 Å². The first kappa shape index (κ1) is 38.2. The molecule has 280 valence electrons. The summed E-state index contributed by atoms with van der Waals surface area (Å²) in [6.07, 6.45) is 15.6. The molecule has 0 unspecified atom stereocenters. The first-order valence-corrected chi connectivity index (χ1v) is 19.0. The van der Waals surface area contributed by atoms with Gasteiger partial charge >= 0.3 is 0 Å². The molecule has 1 aliphatic carbocycles. The SMILES string of the molecule is CCCc1ccncc1/C=C(\C)CNC.COCCNc1ccc(-c2ncc(NCc3ccc4oc5ccccc5c4c3)c(=O)n2CC=C2CCC2)cc1. The summed E-state index contributed by atoms with van der Waals surface area (Å²) in [7, 11) is 3.65. The van der Waals surface area contributed by atoms with Crippen LogP contribution in [0.25, 0.3) is 39.4 Å². The minimum absolute atomic E-state index is 0.0756. The smallest absolute Gasteiger partial charge is 0.277 e. The van der Waals surface area contributed by atoms with E-state index in [1.54, 1.807) is 17.9 Å². The third kappa shape index (κ3) is 9.72. The summed E-state index contributed by atoms with van der Waals surface area (Å²) < 4.78 is 12.8. The van der Waals surface area contributed by atoms with Gasteiger partial charge in [-0.05, 0) is 105 Å². The second-order valence-corrected chi connectivity index (χ2v) is 13.8. The van der Waals surface area contributed by atoms with E-state index < -0.39 is 0 Å². The van der Waals surface area contributed by atoms with Crippen molar-refractivity contribution in [3.63, 3.8) is 0 Å². The van der Waals surface area contributed by atoms with Gasteiger partial charge in [0.2, 0.25) is 0 Å². The van der Waals surface area contributed by atoms with Crippen LogP contribution in [0.3, 0.4) is 0 Å². The summed E-state index contributed by atoms with van der Waals surface area (Å²) in [6, 6.07) is 24.3. The molecule has 0 atom stereocenters. The van der Waals surface area contributed by atoms with E-state index in [4.69, 9.17) is 14.1 Å². The highest BCUT2D eigenvalue weighted by Gasteiger charge is 2.14. The second kappa shape index (κ2) is 19.0. The number of methoxy groups -OCH3 is 1. The molecule has 0 radical (unpaired) electrons. The fraction of sp³-hybridized carbons (Fsp3) is 0.311. The number of para-hydroxylation sites is 1. The number of aryl methyl sites for hydroxylation is 1. The third-order valence-electron chi connectivity index (χ3n) is 9.63. The standard InChI is InChI=1S/C32H32N4O3.C13H20N2/c1-38-18-16-33-25-12-10-24(11-13-25)31-35-21-28(32(37)36(31)17-15-22-5-4-6-22)34-20-23-9-14-30-27(19-23)26-7-2-3-8-29(26)39-30;1-4-5-12-6-7-15-10-13(12)8-11(2)9-14-3/h2-3,7-15,19,21,33-34H,4-6,16-18,20H2,1H3;6-8,10,14H,4-5,9H2,1-3H3/b;11-8+. The van der Waals surface area contributed by atoms with Crippen molar-refractivity contribution in [1.29, 1.82) is 0 Å². The van der Waals surface area contributed by atoms with Crippen LogP contribution in [0.2, 0.25) is 0 Å². The Morgan fingerprint density at radius 1 is 0.981 bits per heavy atom. The van der Waals surface area contributed by atoms with Gasteiger partial charge in [0.15, 0.2) is 0 Å². The van der Waals surface area contributed by atoms with Crippen LogP contribution in [0.15, 0.2) is 118 Å². The number of anilines is 2. The van der Waals surface area contributed by atoms with Gasteiger partial charge in [-0.25, -0.2) is 4.98 Å². The van der Waals surface area contributed by atoms with E-state index in [0.717, 1.165) is 71.1 Å². The second-order valence-electron chi connectivity index (χ2n) is 13.8. The first-order chi connectivity index (χ1) is 26.5. The normalized spacial score (nSPS) is 12.7. The van der Waals surface area contributed by atoms with Crippen molar-refractivity contribution in [1.82, 2.24) is 19.9 Å². The van der Waals surface area contributed by atoms with E-state index in [9.17, 15) is 4.79 Å². The van der Waals surface area contributed by atoms with E-state index in [1.165, 1.54) is 35.1 Å². The topological polar surface area (TPSA) is 106 Å². The van der Waals surface area contributed by atoms with E-state index in [0.29, 0.717) is 31.2 Å². The Morgan fingerprint density at radius 2 is 1.80 bits per heavy atom. The Balaban J connectivity index is 0.000000280. The highest BCUT2D eigenvalue weighted by molar-refractivity contribution is 6.05. The number of hydrogen-bond donors (Lipinski definition) is 3. The summed E-state index contributed by atoms with van der Waals surface area (Å²) in [5.41, 5.74) is 10.5. The van der Waals surface area contributed by atoms with Crippen molar-refractivity contribution in [2.75, 3.05) is 44.5 Å². The zero-order valence-electron chi connectivity index (χ0n) is 32.0. The van der Waals surface area contributed by atoms with Crippen molar-refractivity contribution >= 4 is 39.4 Å². The number of allylic oxidation sites excluding steroid dienone is 2. The number of benzene rings is 3. The molecule has 0 saturated heterocycles. The van der Waals surface area contributed by atoms with Crippen molar-refractivity contribution in [3.8, 4) is 11.4 Å². The lowest BCUT2D eigenvalue weighted by atomic mass is 9.92. The highest BCUT2D eigenvalue weighted by atomic mass is 16.5. The molecule has 3 aromatic carbocycles. The van der Waals surface area contributed by atoms with Crippen LogP contribution in [-0.4, -0.2) is 48.4 Å². The quantitative estimate of drug-likeness (QED) is 0.0711. The summed E-state index contributed by atoms with van der Waals surface area (Å²) >= 11 is 0. The average Bonchev–Trinajstić information content (AvgIpc) is 3.54. The maximum absolute atomic E-state index is 13.7. The number of nitrogens with one attached hydrogen (secondary N) is 3. The molecule has 0 aliphatic heterocycles. The van der Waals surface area contributed by atoms with Gasteiger partial charge in [0.05, 0.1) is 12.8 Å². The Bertz CT molecular complexity index is 2260. The summed E-state index contributed by atoms with van der Waals surface area (Å²) in [6.45, 7) is 7.66. The fourth-order valence-corrected chi connectivity index (χ4v) is 6.59. The number of likely N-dealkylation sites (N-methyl/N-ethyl adjacent to an activating group) is 1. The molecule has 1 aliphatic rings. The molecule has 3 aromatic heterocycles. The molecular weight excluding hydrogens is 673 g/mol. The monoisotopic (exact) mass is 724 g/mol. The van der Waals surface area contributed by atoms with Crippen molar-refractivity contribution in [2.45, 2.75) is 59.0 Å². The van der Waals surface area contributed by atoms with Crippen LogP contribution in [0, 0.1) is 0 Å². The Morgan fingerprint density at radius 3 is 2.56 bits per heavy atom. The number of rotatable bonds is 15. The van der Waals surface area contributed by atoms with Gasteiger partial charge in [0, 0.05) is 67.7 Å². The number of aromatic nitrogens is 3. The summed E-state index contributed by atoms with van der Waals surface area (Å²) in [5, 5.41) is 12.0. The lowest BCUT2D eigenvalue weighted by Crippen LogP contribution is -2.26. The highest BCUT2D eigenvalue weighted by Crippen LogP contribution is 2.30. The summed E-state index contributed by atoms with van der Waals surface area (Å²) in [4.78, 5) is 22.6. The van der Waals surface area contributed by atoms with E-state index >= 15 is 0 Å². The lowest BCUT2D eigenvalue weighted by molar-refractivity contribution is 0.211. The van der Waals surface area contributed by atoms with Gasteiger partial charge in [0.1, 0.15) is 22.7 Å². The molecule has 1 saturated carbocycles. The molecule has 0 bridgehead atoms. The molecule has 6 aromatic rings. The maximum Gasteiger partial charge on any atom is 0.277 e. The van der Waals surface area contributed by atoms with Crippen LogP contribution >= 0.6 is 0 Å². The minimum Gasteiger partial charge on any atom is -0.456 e. The van der Waals surface area contributed by atoms with Gasteiger partial charge in [-0.2, -0.15) is 0 Å². The van der Waals surface area contributed by atoms with Crippen LogP contribution in [0.4, 0.5) is 11.4 Å². The Kier molecular flexibility index (Phi) is 13.5. The van der Waals surface area contributed by atoms with Crippen LogP contribution in [-0.2, 0) is 24.2 Å². The Hall–Kier alpha value is -5.51. The molecule has 9 nitrogen and oxygen atoms in total. The van der Waals surface area contributed by atoms with Crippen molar-refractivity contribution < 1.29 is 9.15 Å².